The molecule has 89 heavy (non-hydrogen) atoms. The second-order valence-electron chi connectivity index (χ2n) is 21.9. The number of aliphatic carboxylic acids is 2. The van der Waals surface area contributed by atoms with Crippen LogP contribution in [-0.2, 0) is 75.9 Å². The lowest BCUT2D eigenvalue weighted by Gasteiger charge is -2.50. The van der Waals surface area contributed by atoms with E-state index < -0.39 is 272 Å². The molecule has 35 atom stereocenters. The summed E-state index contributed by atoms with van der Waals surface area (Å²) in [6.07, 6.45) is -69.3. The van der Waals surface area contributed by atoms with E-state index >= 15 is 0 Å². The molecule has 12 bridgehead atoms. The normalized spacial score (nSPS) is 48.1. The average Bonchev–Trinajstić information content (AvgIpc) is 2.14. The third-order valence-corrected chi connectivity index (χ3v) is 18.0. The predicted molar refractivity (Wildman–Crippen MR) is 282 cm³/mol. The van der Waals surface area contributed by atoms with Crippen LogP contribution in [0.1, 0.15) is 6.92 Å². The summed E-state index contributed by atoms with van der Waals surface area (Å²) in [6, 6.07) is -2.92. The molecule has 0 aromatic heterocycles. The summed E-state index contributed by atoms with van der Waals surface area (Å²) in [7, 11) is 0. The van der Waals surface area contributed by atoms with Crippen LogP contribution in [0.25, 0.3) is 0 Å². The fourth-order valence-electron chi connectivity index (χ4n) is 10.6. The molecule has 13 heterocycles. The van der Waals surface area contributed by atoms with Crippen LogP contribution in [0.3, 0.4) is 0 Å². The lowest BCUT2D eigenvalue weighted by atomic mass is 9.95. The van der Waals surface area contributed by atoms with Gasteiger partial charge in [-0.3, -0.25) is 9.59 Å². The number of thioether (sulfide) groups is 2. The molecule has 0 spiro atoms. The van der Waals surface area contributed by atoms with Gasteiger partial charge in [0.05, 0.1) is 51.3 Å². The molecule has 32 unspecified atom stereocenters. The number of nitrogens with two attached hydrogens (primary N) is 2. The van der Waals surface area contributed by atoms with Crippen LogP contribution in [0, 0.1) is 0 Å². The van der Waals surface area contributed by atoms with Crippen molar-refractivity contribution in [1.82, 2.24) is 0 Å². The Morgan fingerprint density at radius 3 is 0.831 bits per heavy atom. The maximum absolute atomic E-state index is 11.7. The van der Waals surface area contributed by atoms with Crippen LogP contribution in [0.2, 0.25) is 0 Å². The van der Waals surface area contributed by atoms with E-state index in [1.165, 1.54) is 6.92 Å². The molecule has 13 saturated heterocycles. The summed E-state index contributed by atoms with van der Waals surface area (Å²) in [4.78, 5) is 23.2. The number of hydrogen-bond donors (Lipinski definition) is 23. The average molecular weight is 1340 g/mol. The number of rotatable bonds is 16. The quantitative estimate of drug-likeness (QED) is 0.0638. The lowest BCUT2D eigenvalue weighted by Crippen LogP contribution is -2.68. The van der Waals surface area contributed by atoms with Gasteiger partial charge < -0.3 is 185 Å². The van der Waals surface area contributed by atoms with Gasteiger partial charge in [-0.2, -0.15) is 23.5 Å². The van der Waals surface area contributed by atoms with E-state index in [1.807, 2.05) is 0 Å². The van der Waals surface area contributed by atoms with E-state index in [9.17, 15) is 117 Å². The molecule has 0 aromatic rings. The number of fused-ring (bicyclic) bond motifs is 6. The third kappa shape index (κ3) is 17.3. The molecule has 0 saturated carbocycles. The molecule has 0 aromatic carbocycles. The van der Waals surface area contributed by atoms with Crippen molar-refractivity contribution in [2.45, 2.75) is 228 Å². The molecule has 13 aliphatic rings. The molecule has 0 amide bonds. The van der Waals surface area contributed by atoms with Gasteiger partial charge >= 0.3 is 11.9 Å². The van der Waals surface area contributed by atoms with Gasteiger partial charge in [-0.05, 0) is 6.92 Å². The molecule has 13 aliphatic heterocycles. The zero-order valence-electron chi connectivity index (χ0n) is 47.0. The van der Waals surface area contributed by atoms with E-state index in [0.717, 1.165) is 23.5 Å². The van der Waals surface area contributed by atoms with Crippen LogP contribution >= 0.6 is 23.5 Å². The Morgan fingerprint density at radius 2 is 0.584 bits per heavy atom. The number of carbonyl (C=O) groups is 2. The van der Waals surface area contributed by atoms with Crippen molar-refractivity contribution in [3.63, 3.8) is 0 Å². The smallest absolute Gasteiger partial charge is 0.321 e. The second kappa shape index (κ2) is 33.3. The molecule has 13 rings (SSSR count). The number of carboxylic acids is 2. The molecule has 0 aliphatic carbocycles. The highest BCUT2D eigenvalue weighted by molar-refractivity contribution is 7.99. The molecule has 25 N–H and O–H groups in total. The van der Waals surface area contributed by atoms with Crippen LogP contribution in [-0.4, -0.2) is 396 Å². The van der Waals surface area contributed by atoms with Gasteiger partial charge in [0.25, 0.3) is 0 Å². The zero-order chi connectivity index (χ0) is 65.6. The lowest BCUT2D eigenvalue weighted by molar-refractivity contribution is -0.394. The van der Waals surface area contributed by atoms with Gasteiger partial charge in [-0.1, -0.05) is 0 Å². The minimum atomic E-state index is -2.69. The molecular formula is C48H82N2O37S2. The van der Waals surface area contributed by atoms with Crippen molar-refractivity contribution < 1.29 is 183 Å². The molecule has 41 heteroatoms. The summed E-state index contributed by atoms with van der Waals surface area (Å²) in [5.74, 6) is -4.20. The van der Waals surface area contributed by atoms with Gasteiger partial charge in [-0.25, -0.2) is 0 Å². The van der Waals surface area contributed by atoms with E-state index in [1.54, 1.807) is 0 Å². The number of ether oxygens (including phenoxy) is 14. The summed E-state index contributed by atoms with van der Waals surface area (Å²) in [5.41, 5.74) is 11.4. The minimum absolute atomic E-state index is 0.299. The zero-order valence-corrected chi connectivity index (χ0v) is 48.7. The SMILES string of the molecule is C[C@@H]1OC2OC(CSC[C@@H](N)C(=O)O)C(OC3OC(CO)C(OC4OC(CO)C(OC5OC(CSC[C@@H](N)C(=O)O)C(OC6OC(CO)C(OC7OC(CO)C(OC(C(O)O)OC1CO)C(O)C7O)C(O)C6O)C(O)C5O)C(O)C4O)C(O)C3O)C(O)C2O. The Hall–Kier alpha value is -1.76. The summed E-state index contributed by atoms with van der Waals surface area (Å²) >= 11 is 1.62. The predicted octanol–water partition coefficient (Wildman–Crippen LogP) is -14.3. The highest BCUT2D eigenvalue weighted by atomic mass is 32.2. The highest BCUT2D eigenvalue weighted by Crippen LogP contribution is 2.39. The first kappa shape index (κ1) is 74.6. The van der Waals surface area contributed by atoms with Crippen molar-refractivity contribution in [2.75, 3.05) is 56.0 Å². The maximum Gasteiger partial charge on any atom is 0.321 e. The van der Waals surface area contributed by atoms with Gasteiger partial charge in [0, 0.05) is 23.0 Å². The fourth-order valence-corrected chi connectivity index (χ4v) is 12.7. The van der Waals surface area contributed by atoms with Crippen molar-refractivity contribution >= 4 is 35.5 Å². The van der Waals surface area contributed by atoms with Gasteiger partial charge in [0.2, 0.25) is 12.6 Å². The molecule has 39 nitrogen and oxygen atoms in total. The van der Waals surface area contributed by atoms with Crippen molar-refractivity contribution in [2.24, 2.45) is 11.5 Å². The highest BCUT2D eigenvalue weighted by Gasteiger charge is 2.58. The van der Waals surface area contributed by atoms with Gasteiger partial charge in [-0.15, -0.1) is 0 Å². The van der Waals surface area contributed by atoms with Gasteiger partial charge in [0.1, 0.15) is 152 Å². The first-order chi connectivity index (χ1) is 42.1. The van der Waals surface area contributed by atoms with E-state index in [0.29, 0.717) is 0 Å². The topological polar surface area (TPSA) is 640 Å². The Labute approximate surface area is 512 Å². The maximum atomic E-state index is 11.7. The Balaban J connectivity index is 1.22. The van der Waals surface area contributed by atoms with Crippen molar-refractivity contribution in [3.05, 3.63) is 0 Å². The molecule has 13 fully saturated rings. The third-order valence-electron chi connectivity index (χ3n) is 15.7. The minimum Gasteiger partial charge on any atom is -0.480 e. The summed E-state index contributed by atoms with van der Waals surface area (Å²) in [6.45, 7) is -4.25. The van der Waals surface area contributed by atoms with Crippen LogP contribution < -0.4 is 11.5 Å². The first-order valence-electron chi connectivity index (χ1n) is 28.0. The Bertz CT molecular complexity index is 2180. The molecule has 0 radical (unpaired) electrons. The number of aliphatic hydroxyl groups excluding tert-OH is 18. The number of aliphatic hydroxyl groups is 19. The standard InChI is InChI=1S/C48H82N2O37S2/c1-11-14(2-51)75-48(41(72)73)87-36-18(6-55)79-44(31(66)24(36)59)83-34-16(4-53)78-46(30(65)23(34)58)86-38-20(10-89-8-13(50)40(70)71)81-47(32(67)26(38)61)84-35-17(5-54)76-43(28(63)21(35)56)82-33-15(3-52)77-45(29(64)22(33)57)85-37-19(9-88-7-12(49)39(68)69)80-42(74-11)27(62)25(37)60/h11-38,41-48,51-67,72-73H,2-10,49-50H2,1H3,(H,68,69)(H,70,71)/t11-,12+,13+,14?,15?,16?,17?,18?,19?,20?,21?,22?,23?,24?,25?,26?,27?,28?,29?,30?,31?,32?,33?,34?,35?,36?,37?,38?,42?,43?,44?,45?,46?,47?,48?/m0/s1. The summed E-state index contributed by atoms with van der Waals surface area (Å²) < 4.78 is 81.3. The van der Waals surface area contributed by atoms with Crippen molar-refractivity contribution in [3.8, 4) is 0 Å². The van der Waals surface area contributed by atoms with Crippen LogP contribution in [0.5, 0.6) is 0 Å². The van der Waals surface area contributed by atoms with Gasteiger partial charge in [0.15, 0.2) is 37.7 Å². The van der Waals surface area contributed by atoms with Crippen LogP contribution in [0.4, 0.5) is 0 Å². The number of carboxylic acid groups (broad SMARTS) is 2. The fraction of sp³-hybridized carbons (Fsp3) is 0.958. The largest absolute Gasteiger partial charge is 0.480 e. The van der Waals surface area contributed by atoms with Crippen molar-refractivity contribution in [1.29, 1.82) is 0 Å². The monoisotopic (exact) mass is 1340 g/mol. The number of hydrogen-bond acceptors (Lipinski definition) is 39. The Kier molecular flexibility index (Phi) is 27.9. The molecule has 518 valence electrons. The van der Waals surface area contributed by atoms with Crippen LogP contribution in [0.15, 0.2) is 0 Å². The summed E-state index contributed by atoms with van der Waals surface area (Å²) in [5, 5.41) is 231. The second-order valence-corrected chi connectivity index (χ2v) is 24.1. The first-order valence-corrected chi connectivity index (χ1v) is 30.3. The van der Waals surface area contributed by atoms with E-state index in [4.69, 9.17) is 77.8 Å². The Morgan fingerprint density at radius 1 is 0.348 bits per heavy atom. The molecular weight excluding hydrogens is 1260 g/mol. The van der Waals surface area contributed by atoms with E-state index in [-0.39, 0.29) is 17.3 Å². The van der Waals surface area contributed by atoms with E-state index in [2.05, 4.69) is 0 Å².